The zero-order valence-corrected chi connectivity index (χ0v) is 14.7. The fraction of sp³-hybridized carbons (Fsp3) is 0.111. The van der Waals surface area contributed by atoms with Crippen LogP contribution in [0.25, 0.3) is 17.2 Å². The highest BCUT2D eigenvalue weighted by Crippen LogP contribution is 2.24. The van der Waals surface area contributed by atoms with Crippen LogP contribution >= 0.6 is 11.6 Å². The van der Waals surface area contributed by atoms with Crippen LogP contribution < -0.4 is 0 Å². The molecule has 0 saturated carbocycles. The topological polar surface area (TPSA) is 76.2 Å². The predicted molar refractivity (Wildman–Crippen MR) is 94.6 cm³/mol. The molecular weight excluding hydrogens is 376 g/mol. The first-order valence-electron chi connectivity index (χ1n) is 7.91. The molecule has 0 atom stereocenters. The average molecular weight is 388 g/mol. The molecule has 4 rings (SSSR count). The number of aromatic nitrogens is 5. The molecule has 136 valence electrons. The molecule has 9 heteroatoms. The van der Waals surface area contributed by atoms with Crippen molar-refractivity contribution in [2.45, 2.75) is 13.3 Å². The van der Waals surface area contributed by atoms with Gasteiger partial charge in [-0.1, -0.05) is 11.6 Å². The van der Waals surface area contributed by atoms with Crippen molar-refractivity contribution in [2.75, 3.05) is 0 Å². The van der Waals surface area contributed by atoms with E-state index in [1.54, 1.807) is 23.0 Å². The SMILES string of the molecule is Cc1cc(F)c(Cc2nc(-c3ncc(Cl)c(O)n3)cn3ccnc23)cc1F. The molecule has 3 aromatic heterocycles. The molecule has 0 amide bonds. The molecule has 1 N–H and O–H groups in total. The minimum absolute atomic E-state index is 0.0138. The van der Waals surface area contributed by atoms with Crippen molar-refractivity contribution in [1.82, 2.24) is 24.3 Å². The summed E-state index contributed by atoms with van der Waals surface area (Å²) in [5, 5.41) is 9.72. The van der Waals surface area contributed by atoms with Crippen molar-refractivity contribution < 1.29 is 13.9 Å². The summed E-state index contributed by atoms with van der Waals surface area (Å²) in [6.07, 6.45) is 6.16. The summed E-state index contributed by atoms with van der Waals surface area (Å²) < 4.78 is 29.8. The summed E-state index contributed by atoms with van der Waals surface area (Å²) in [6.45, 7) is 1.50. The van der Waals surface area contributed by atoms with E-state index in [2.05, 4.69) is 19.9 Å². The molecule has 0 aliphatic rings. The Morgan fingerprint density at radius 3 is 2.74 bits per heavy atom. The van der Waals surface area contributed by atoms with E-state index in [1.807, 2.05) is 0 Å². The molecule has 0 fully saturated rings. The lowest BCUT2D eigenvalue weighted by Crippen LogP contribution is -2.04. The van der Waals surface area contributed by atoms with Gasteiger partial charge in [0.2, 0.25) is 5.88 Å². The van der Waals surface area contributed by atoms with Gasteiger partial charge in [-0.15, -0.1) is 0 Å². The summed E-state index contributed by atoms with van der Waals surface area (Å²) >= 11 is 5.74. The van der Waals surface area contributed by atoms with Crippen LogP contribution in [0.4, 0.5) is 8.78 Å². The molecule has 4 aromatic rings. The summed E-state index contributed by atoms with van der Waals surface area (Å²) in [4.78, 5) is 16.6. The molecule has 0 bridgehead atoms. The van der Waals surface area contributed by atoms with Crippen molar-refractivity contribution in [3.63, 3.8) is 0 Å². The predicted octanol–water partition coefficient (Wildman–Crippen LogP) is 3.72. The van der Waals surface area contributed by atoms with Gasteiger partial charge in [-0.2, -0.15) is 4.98 Å². The largest absolute Gasteiger partial charge is 0.492 e. The first-order chi connectivity index (χ1) is 12.9. The van der Waals surface area contributed by atoms with E-state index in [0.717, 1.165) is 12.1 Å². The number of hydrogen-bond donors (Lipinski definition) is 1. The van der Waals surface area contributed by atoms with Crippen molar-refractivity contribution in [1.29, 1.82) is 0 Å². The molecule has 3 heterocycles. The number of aromatic hydroxyl groups is 1. The van der Waals surface area contributed by atoms with Crippen LogP contribution in [0.1, 0.15) is 16.8 Å². The summed E-state index contributed by atoms with van der Waals surface area (Å²) in [5.41, 5.74) is 1.63. The Bertz CT molecular complexity index is 1180. The van der Waals surface area contributed by atoms with Gasteiger partial charge in [-0.05, 0) is 30.2 Å². The Morgan fingerprint density at radius 2 is 1.96 bits per heavy atom. The molecule has 27 heavy (non-hydrogen) atoms. The standard InChI is InChI=1S/C18H12ClF2N5O/c1-9-4-13(21)10(5-12(9)20)6-14-17-22-2-3-26(17)8-15(24-14)16-23-7-11(19)18(27)25-16/h2-5,7-8H,6H2,1H3,(H,23,25,27). The van der Waals surface area contributed by atoms with Crippen molar-refractivity contribution in [2.24, 2.45) is 0 Å². The number of imidazole rings is 1. The zero-order chi connectivity index (χ0) is 19.1. The third-order valence-corrected chi connectivity index (χ3v) is 4.35. The number of aryl methyl sites for hydroxylation is 1. The molecule has 0 aliphatic heterocycles. The Balaban J connectivity index is 1.84. The number of benzene rings is 1. The summed E-state index contributed by atoms with van der Waals surface area (Å²) in [5.74, 6) is -1.24. The number of hydrogen-bond acceptors (Lipinski definition) is 5. The highest BCUT2D eigenvalue weighted by Gasteiger charge is 2.16. The third-order valence-electron chi connectivity index (χ3n) is 4.08. The first-order valence-corrected chi connectivity index (χ1v) is 8.29. The van der Waals surface area contributed by atoms with Crippen molar-refractivity contribution in [3.05, 3.63) is 70.4 Å². The van der Waals surface area contributed by atoms with Gasteiger partial charge in [0.15, 0.2) is 11.5 Å². The molecule has 0 spiro atoms. The van der Waals surface area contributed by atoms with Crippen LogP contribution in [0.5, 0.6) is 5.88 Å². The Kier molecular flexibility index (Phi) is 4.19. The fourth-order valence-electron chi connectivity index (χ4n) is 2.71. The lowest BCUT2D eigenvalue weighted by atomic mass is 10.1. The number of nitrogens with zero attached hydrogens (tertiary/aromatic N) is 5. The van der Waals surface area contributed by atoms with Gasteiger partial charge in [-0.3, -0.25) is 0 Å². The van der Waals surface area contributed by atoms with Crippen molar-refractivity contribution in [3.8, 4) is 17.4 Å². The quantitative estimate of drug-likeness (QED) is 0.579. The van der Waals surface area contributed by atoms with E-state index in [9.17, 15) is 13.9 Å². The lowest BCUT2D eigenvalue weighted by molar-refractivity contribution is 0.453. The van der Waals surface area contributed by atoms with E-state index in [0.29, 0.717) is 17.0 Å². The Morgan fingerprint density at radius 1 is 1.15 bits per heavy atom. The molecule has 1 aromatic carbocycles. The highest BCUT2D eigenvalue weighted by molar-refractivity contribution is 6.31. The van der Waals surface area contributed by atoms with Crippen LogP contribution in [-0.2, 0) is 6.42 Å². The fourth-order valence-corrected chi connectivity index (χ4v) is 2.80. The molecule has 0 saturated heterocycles. The van der Waals surface area contributed by atoms with Gasteiger partial charge >= 0.3 is 0 Å². The molecule has 0 unspecified atom stereocenters. The zero-order valence-electron chi connectivity index (χ0n) is 14.0. The average Bonchev–Trinajstić information content (AvgIpc) is 3.11. The van der Waals surface area contributed by atoms with Crippen LogP contribution in [-0.4, -0.2) is 29.4 Å². The second kappa shape index (κ2) is 6.55. The maximum atomic E-state index is 14.3. The monoisotopic (exact) mass is 387 g/mol. The number of fused-ring (bicyclic) bond motifs is 1. The van der Waals surface area contributed by atoms with Gasteiger partial charge < -0.3 is 9.51 Å². The van der Waals surface area contributed by atoms with Gasteiger partial charge in [0.25, 0.3) is 0 Å². The molecule has 0 radical (unpaired) electrons. The minimum atomic E-state index is -0.522. The van der Waals surface area contributed by atoms with E-state index in [4.69, 9.17) is 11.6 Å². The molecule has 0 aliphatic carbocycles. The van der Waals surface area contributed by atoms with Crippen LogP contribution in [0.15, 0.2) is 36.9 Å². The molecular formula is C18H12ClF2N5O. The van der Waals surface area contributed by atoms with Gasteiger partial charge in [0.05, 0.1) is 11.9 Å². The lowest BCUT2D eigenvalue weighted by Gasteiger charge is -2.09. The Hall–Kier alpha value is -3.13. The Labute approximate surface area is 157 Å². The maximum Gasteiger partial charge on any atom is 0.233 e. The summed E-state index contributed by atoms with van der Waals surface area (Å²) in [7, 11) is 0. The number of halogens is 3. The van der Waals surface area contributed by atoms with Gasteiger partial charge in [-0.25, -0.2) is 23.7 Å². The second-order valence-corrected chi connectivity index (χ2v) is 6.37. The van der Waals surface area contributed by atoms with Crippen LogP contribution in [0.2, 0.25) is 5.02 Å². The van der Waals surface area contributed by atoms with E-state index in [-0.39, 0.29) is 34.3 Å². The number of rotatable bonds is 3. The smallest absolute Gasteiger partial charge is 0.233 e. The summed E-state index contributed by atoms with van der Waals surface area (Å²) in [6, 6.07) is 2.31. The van der Waals surface area contributed by atoms with E-state index >= 15 is 0 Å². The van der Waals surface area contributed by atoms with Crippen molar-refractivity contribution >= 4 is 17.2 Å². The van der Waals surface area contributed by atoms with Crippen LogP contribution in [0, 0.1) is 18.6 Å². The molecule has 6 nitrogen and oxygen atoms in total. The minimum Gasteiger partial charge on any atom is -0.492 e. The van der Waals surface area contributed by atoms with Gasteiger partial charge in [0.1, 0.15) is 22.4 Å². The maximum absolute atomic E-state index is 14.3. The third kappa shape index (κ3) is 3.19. The van der Waals surface area contributed by atoms with Crippen LogP contribution in [0.3, 0.4) is 0 Å². The van der Waals surface area contributed by atoms with E-state index in [1.165, 1.54) is 13.1 Å². The highest BCUT2D eigenvalue weighted by atomic mass is 35.5. The van der Waals surface area contributed by atoms with E-state index < -0.39 is 11.6 Å². The normalized spacial score (nSPS) is 11.3. The second-order valence-electron chi connectivity index (χ2n) is 5.97. The first kappa shape index (κ1) is 17.3. The van der Waals surface area contributed by atoms with Gasteiger partial charge in [0, 0.05) is 25.0 Å².